The van der Waals surface area contributed by atoms with Crippen molar-refractivity contribution in [1.29, 1.82) is 0 Å². The summed E-state index contributed by atoms with van der Waals surface area (Å²) >= 11 is 0. The van der Waals surface area contributed by atoms with Crippen LogP contribution in [0.2, 0.25) is 0 Å². The summed E-state index contributed by atoms with van der Waals surface area (Å²) in [5.74, 6) is 0.194. The fourth-order valence-corrected chi connectivity index (χ4v) is 2.98. The molecule has 0 saturated carbocycles. The van der Waals surface area contributed by atoms with E-state index in [0.29, 0.717) is 6.04 Å². The van der Waals surface area contributed by atoms with E-state index in [4.69, 9.17) is 0 Å². The smallest absolute Gasteiger partial charge is 0.237 e. The van der Waals surface area contributed by atoms with Crippen molar-refractivity contribution in [2.24, 2.45) is 0 Å². The van der Waals surface area contributed by atoms with Crippen LogP contribution in [-0.2, 0) is 4.79 Å². The zero-order valence-electron chi connectivity index (χ0n) is 13.0. The van der Waals surface area contributed by atoms with Crippen molar-refractivity contribution < 1.29 is 4.79 Å². The fraction of sp³-hybridized carbons (Fsp3) is 0.933. The van der Waals surface area contributed by atoms with Crippen molar-refractivity contribution >= 4 is 5.91 Å². The second-order valence-electron chi connectivity index (χ2n) is 6.07. The Kier molecular flexibility index (Phi) is 6.26. The summed E-state index contributed by atoms with van der Waals surface area (Å²) in [5, 5.41) is 6.44. The third-order valence-corrected chi connectivity index (χ3v) is 4.57. The van der Waals surface area contributed by atoms with Gasteiger partial charge >= 0.3 is 0 Å². The van der Waals surface area contributed by atoms with Gasteiger partial charge < -0.3 is 10.6 Å². The van der Waals surface area contributed by atoms with Gasteiger partial charge in [0.05, 0.1) is 6.04 Å². The number of piperazine rings is 1. The molecule has 0 radical (unpaired) electrons. The first-order valence-electron chi connectivity index (χ1n) is 8.19. The molecule has 20 heavy (non-hydrogen) atoms. The number of unbranched alkanes of at least 4 members (excludes halogenated alkanes) is 2. The topological polar surface area (TPSA) is 47.6 Å². The van der Waals surface area contributed by atoms with Crippen LogP contribution in [0.4, 0.5) is 0 Å². The van der Waals surface area contributed by atoms with Crippen LogP contribution >= 0.6 is 0 Å². The van der Waals surface area contributed by atoms with E-state index in [2.05, 4.69) is 27.4 Å². The first-order chi connectivity index (χ1) is 9.72. The molecule has 2 aliphatic heterocycles. The van der Waals surface area contributed by atoms with Gasteiger partial charge in [-0.05, 0) is 13.3 Å². The van der Waals surface area contributed by atoms with Crippen molar-refractivity contribution in [3.8, 4) is 0 Å². The molecule has 2 heterocycles. The molecule has 5 nitrogen and oxygen atoms in total. The standard InChI is InChI=1S/C15H30N4O/c1-3-4-5-6-17-15(20)13(2)19-11-14(12-19)18-9-7-16-8-10-18/h13-14,16H,3-12H2,1-2H3,(H,17,20). The van der Waals surface area contributed by atoms with Gasteiger partial charge in [0.15, 0.2) is 0 Å². The zero-order valence-corrected chi connectivity index (χ0v) is 13.0. The summed E-state index contributed by atoms with van der Waals surface area (Å²) in [4.78, 5) is 16.9. The van der Waals surface area contributed by atoms with E-state index in [1.165, 1.54) is 12.8 Å². The Morgan fingerprint density at radius 3 is 2.65 bits per heavy atom. The molecule has 116 valence electrons. The highest BCUT2D eigenvalue weighted by Crippen LogP contribution is 2.18. The Labute approximate surface area is 123 Å². The van der Waals surface area contributed by atoms with Gasteiger partial charge in [0.25, 0.3) is 0 Å². The molecule has 2 fully saturated rings. The minimum Gasteiger partial charge on any atom is -0.355 e. The van der Waals surface area contributed by atoms with Crippen LogP contribution in [0.5, 0.6) is 0 Å². The number of likely N-dealkylation sites (tertiary alicyclic amines) is 1. The van der Waals surface area contributed by atoms with Crippen LogP contribution in [0.25, 0.3) is 0 Å². The monoisotopic (exact) mass is 282 g/mol. The number of hydrogen-bond acceptors (Lipinski definition) is 4. The van der Waals surface area contributed by atoms with Gasteiger partial charge in [-0.2, -0.15) is 0 Å². The molecule has 2 aliphatic rings. The minimum absolute atomic E-state index is 0.0239. The van der Waals surface area contributed by atoms with Crippen LogP contribution in [0.3, 0.4) is 0 Å². The van der Waals surface area contributed by atoms with Crippen LogP contribution in [-0.4, -0.2) is 73.6 Å². The molecule has 1 unspecified atom stereocenters. The largest absolute Gasteiger partial charge is 0.355 e. The lowest BCUT2D eigenvalue weighted by molar-refractivity contribution is -0.129. The van der Waals surface area contributed by atoms with Crippen molar-refractivity contribution in [1.82, 2.24) is 20.4 Å². The number of rotatable bonds is 7. The van der Waals surface area contributed by atoms with E-state index in [-0.39, 0.29) is 11.9 Å². The molecule has 0 aromatic heterocycles. The summed E-state index contributed by atoms with van der Waals surface area (Å²) in [7, 11) is 0. The number of hydrogen-bond donors (Lipinski definition) is 2. The second kappa shape index (κ2) is 7.96. The fourth-order valence-electron chi connectivity index (χ4n) is 2.98. The summed E-state index contributed by atoms with van der Waals surface area (Å²) in [6, 6.07) is 0.684. The molecule has 1 amide bonds. The lowest BCUT2D eigenvalue weighted by Gasteiger charge is -2.48. The molecular weight excluding hydrogens is 252 g/mol. The number of amides is 1. The quantitative estimate of drug-likeness (QED) is 0.658. The summed E-state index contributed by atoms with van der Waals surface area (Å²) < 4.78 is 0. The van der Waals surface area contributed by atoms with Gasteiger partial charge in [-0.3, -0.25) is 14.6 Å². The second-order valence-corrected chi connectivity index (χ2v) is 6.07. The molecular formula is C15H30N4O. The Bertz CT molecular complexity index is 298. The molecule has 0 spiro atoms. The van der Waals surface area contributed by atoms with Gasteiger partial charge in [0, 0.05) is 51.9 Å². The maximum Gasteiger partial charge on any atom is 0.237 e. The number of carbonyl (C=O) groups is 1. The van der Waals surface area contributed by atoms with Gasteiger partial charge in [-0.15, -0.1) is 0 Å². The highest BCUT2D eigenvalue weighted by molar-refractivity contribution is 5.81. The van der Waals surface area contributed by atoms with E-state index < -0.39 is 0 Å². The lowest BCUT2D eigenvalue weighted by Crippen LogP contribution is -2.66. The third kappa shape index (κ3) is 4.17. The molecule has 0 aromatic rings. The van der Waals surface area contributed by atoms with Gasteiger partial charge in [-0.1, -0.05) is 19.8 Å². The predicted octanol–water partition coefficient (Wildman–Crippen LogP) is 0.271. The Morgan fingerprint density at radius 2 is 2.00 bits per heavy atom. The number of carbonyl (C=O) groups excluding carboxylic acids is 1. The third-order valence-electron chi connectivity index (χ3n) is 4.57. The van der Waals surface area contributed by atoms with Crippen molar-refractivity contribution in [2.45, 2.75) is 45.2 Å². The highest BCUT2D eigenvalue weighted by atomic mass is 16.2. The van der Waals surface area contributed by atoms with E-state index in [1.807, 2.05) is 6.92 Å². The molecule has 0 aromatic carbocycles. The average molecular weight is 282 g/mol. The van der Waals surface area contributed by atoms with Crippen LogP contribution in [0, 0.1) is 0 Å². The molecule has 0 aliphatic carbocycles. The molecule has 2 rings (SSSR count). The summed E-state index contributed by atoms with van der Waals surface area (Å²) in [6.45, 7) is 11.6. The average Bonchev–Trinajstić information content (AvgIpc) is 2.43. The minimum atomic E-state index is 0.0239. The van der Waals surface area contributed by atoms with E-state index in [1.54, 1.807) is 0 Å². The van der Waals surface area contributed by atoms with E-state index in [9.17, 15) is 4.79 Å². The molecule has 2 N–H and O–H groups in total. The van der Waals surface area contributed by atoms with E-state index in [0.717, 1.165) is 52.2 Å². The van der Waals surface area contributed by atoms with Gasteiger partial charge in [0.1, 0.15) is 0 Å². The Morgan fingerprint density at radius 1 is 1.30 bits per heavy atom. The normalized spacial score (nSPS) is 23.3. The summed E-state index contributed by atoms with van der Waals surface area (Å²) in [5.41, 5.74) is 0. The van der Waals surface area contributed by atoms with Crippen molar-refractivity contribution in [3.05, 3.63) is 0 Å². The van der Waals surface area contributed by atoms with Gasteiger partial charge in [0.2, 0.25) is 5.91 Å². The highest BCUT2D eigenvalue weighted by Gasteiger charge is 2.36. The number of nitrogens with one attached hydrogen (secondary N) is 2. The first-order valence-corrected chi connectivity index (χ1v) is 8.19. The SMILES string of the molecule is CCCCCNC(=O)C(C)N1CC(N2CCNCC2)C1. The van der Waals surface area contributed by atoms with E-state index >= 15 is 0 Å². The number of nitrogens with zero attached hydrogens (tertiary/aromatic N) is 2. The van der Waals surface area contributed by atoms with Crippen LogP contribution in [0.1, 0.15) is 33.1 Å². The Hall–Kier alpha value is -0.650. The lowest BCUT2D eigenvalue weighted by atomic mass is 10.0. The van der Waals surface area contributed by atoms with Crippen molar-refractivity contribution in [2.75, 3.05) is 45.8 Å². The Balaban J connectivity index is 1.62. The molecule has 1 atom stereocenters. The summed E-state index contributed by atoms with van der Waals surface area (Å²) in [6.07, 6.45) is 3.49. The predicted molar refractivity (Wildman–Crippen MR) is 81.8 cm³/mol. The molecule has 0 bridgehead atoms. The molecule has 2 saturated heterocycles. The maximum atomic E-state index is 12.0. The maximum absolute atomic E-state index is 12.0. The van der Waals surface area contributed by atoms with Crippen molar-refractivity contribution in [3.63, 3.8) is 0 Å². The zero-order chi connectivity index (χ0) is 14.4. The van der Waals surface area contributed by atoms with Crippen LogP contribution < -0.4 is 10.6 Å². The van der Waals surface area contributed by atoms with Gasteiger partial charge in [-0.25, -0.2) is 0 Å². The first kappa shape index (κ1) is 15.7. The van der Waals surface area contributed by atoms with Crippen LogP contribution in [0.15, 0.2) is 0 Å². The molecule has 5 heteroatoms.